The van der Waals surface area contributed by atoms with Gasteiger partial charge in [-0.2, -0.15) is 13.2 Å². The molecule has 2 unspecified atom stereocenters. The molecule has 1 aliphatic heterocycles. The maximum atomic E-state index is 12.6. The number of nitrogens with one attached hydrogen (secondary N) is 3. The molecular formula is C18H24F3N5O2S. The molecule has 2 fully saturated rings. The summed E-state index contributed by atoms with van der Waals surface area (Å²) in [7, 11) is 0. The third-order valence-electron chi connectivity index (χ3n) is 5.14. The Morgan fingerprint density at radius 1 is 1.21 bits per heavy atom. The third kappa shape index (κ3) is 6.49. The molecule has 11 heteroatoms. The van der Waals surface area contributed by atoms with E-state index in [0.29, 0.717) is 5.92 Å². The molecule has 1 saturated carbocycles. The Hall–Kier alpha value is -2.01. The second kappa shape index (κ2) is 9.66. The van der Waals surface area contributed by atoms with Crippen molar-refractivity contribution in [3.05, 3.63) is 17.2 Å². The lowest BCUT2D eigenvalue weighted by molar-refractivity contribution is -0.138. The fourth-order valence-corrected chi connectivity index (χ4v) is 3.98. The maximum Gasteiger partial charge on any atom is 0.445 e. The van der Waals surface area contributed by atoms with E-state index in [0.717, 1.165) is 51.5 Å². The molecule has 3 rings (SSSR count). The number of alkyl halides is 3. The van der Waals surface area contributed by atoms with Crippen LogP contribution in [0.5, 0.6) is 0 Å². The highest BCUT2D eigenvalue weighted by atomic mass is 32.1. The van der Waals surface area contributed by atoms with Crippen LogP contribution in [0.4, 0.5) is 18.3 Å². The quantitative estimate of drug-likeness (QED) is 0.577. The Bertz CT molecular complexity index is 742. The lowest BCUT2D eigenvalue weighted by Crippen LogP contribution is -2.49. The van der Waals surface area contributed by atoms with Crippen molar-refractivity contribution in [1.29, 1.82) is 0 Å². The number of anilines is 1. The van der Waals surface area contributed by atoms with Gasteiger partial charge in [0.1, 0.15) is 0 Å². The monoisotopic (exact) mass is 431 g/mol. The van der Waals surface area contributed by atoms with Crippen molar-refractivity contribution in [2.75, 3.05) is 11.9 Å². The lowest BCUT2D eigenvalue weighted by Gasteiger charge is -2.30. The first-order chi connectivity index (χ1) is 13.8. The average Bonchev–Trinajstić information content (AvgIpc) is 3.12. The molecule has 2 heterocycles. The number of amides is 2. The van der Waals surface area contributed by atoms with E-state index >= 15 is 0 Å². The average molecular weight is 431 g/mol. The zero-order chi connectivity index (χ0) is 20.9. The first kappa shape index (κ1) is 21.7. The van der Waals surface area contributed by atoms with E-state index in [1.165, 1.54) is 6.08 Å². The van der Waals surface area contributed by atoms with Crippen LogP contribution in [0, 0.1) is 5.92 Å². The van der Waals surface area contributed by atoms with Gasteiger partial charge in [0.25, 0.3) is 0 Å². The van der Waals surface area contributed by atoms with E-state index < -0.39 is 17.1 Å². The minimum Gasteiger partial charge on any atom is -0.349 e. The molecule has 2 amide bonds. The van der Waals surface area contributed by atoms with Gasteiger partial charge in [0.05, 0.1) is 6.04 Å². The summed E-state index contributed by atoms with van der Waals surface area (Å²) in [6.07, 6.45) is 5.16. The van der Waals surface area contributed by atoms with Crippen molar-refractivity contribution >= 4 is 28.3 Å². The first-order valence-corrected chi connectivity index (χ1v) is 10.6. The Morgan fingerprint density at radius 2 is 2.00 bits per heavy atom. The van der Waals surface area contributed by atoms with Crippen LogP contribution in [0.3, 0.4) is 0 Å². The molecule has 0 spiro atoms. The van der Waals surface area contributed by atoms with Crippen LogP contribution in [-0.2, 0) is 15.8 Å². The molecule has 2 aliphatic rings. The van der Waals surface area contributed by atoms with Crippen molar-refractivity contribution in [1.82, 2.24) is 20.8 Å². The van der Waals surface area contributed by atoms with Crippen molar-refractivity contribution in [3.8, 4) is 0 Å². The van der Waals surface area contributed by atoms with Crippen molar-refractivity contribution in [2.45, 2.75) is 63.2 Å². The number of halogens is 3. The van der Waals surface area contributed by atoms with Crippen LogP contribution in [0.1, 0.15) is 50.0 Å². The van der Waals surface area contributed by atoms with Gasteiger partial charge in [-0.25, -0.2) is 0 Å². The van der Waals surface area contributed by atoms with Crippen LogP contribution >= 0.6 is 11.3 Å². The van der Waals surface area contributed by atoms with Crippen LogP contribution in [-0.4, -0.2) is 40.6 Å². The SMILES string of the molecule is O=C(C=CC(CC1CCC1)NC(=O)C1CCCCN1)Nc1nnc(C(F)(F)F)s1. The van der Waals surface area contributed by atoms with Gasteiger partial charge in [0.2, 0.25) is 22.0 Å². The lowest BCUT2D eigenvalue weighted by atomic mass is 9.80. The highest BCUT2D eigenvalue weighted by Gasteiger charge is 2.35. The van der Waals surface area contributed by atoms with E-state index in [4.69, 9.17) is 0 Å². The minimum absolute atomic E-state index is 0.0852. The molecule has 0 radical (unpaired) electrons. The third-order valence-corrected chi connectivity index (χ3v) is 6.03. The largest absolute Gasteiger partial charge is 0.445 e. The highest BCUT2D eigenvalue weighted by Crippen LogP contribution is 2.33. The number of piperidine rings is 1. The molecule has 2 atom stereocenters. The van der Waals surface area contributed by atoms with Crippen LogP contribution in [0.25, 0.3) is 0 Å². The van der Waals surface area contributed by atoms with Gasteiger partial charge in [0, 0.05) is 12.1 Å². The van der Waals surface area contributed by atoms with Gasteiger partial charge in [-0.05, 0) is 31.7 Å². The first-order valence-electron chi connectivity index (χ1n) is 9.75. The van der Waals surface area contributed by atoms with Crippen LogP contribution in [0.15, 0.2) is 12.2 Å². The molecule has 0 aromatic carbocycles. The van der Waals surface area contributed by atoms with Crippen molar-refractivity contribution < 1.29 is 22.8 Å². The molecule has 1 saturated heterocycles. The summed E-state index contributed by atoms with van der Waals surface area (Å²) in [4.78, 5) is 24.6. The van der Waals surface area contributed by atoms with Gasteiger partial charge in [0.15, 0.2) is 0 Å². The van der Waals surface area contributed by atoms with E-state index in [1.54, 1.807) is 6.08 Å². The Morgan fingerprint density at radius 3 is 2.59 bits per heavy atom. The number of carbonyl (C=O) groups is 2. The number of aromatic nitrogens is 2. The molecule has 160 valence electrons. The molecular weight excluding hydrogens is 407 g/mol. The molecule has 7 nitrogen and oxygen atoms in total. The molecule has 0 bridgehead atoms. The predicted octanol–water partition coefficient (Wildman–Crippen LogP) is 2.87. The normalized spacial score (nSPS) is 21.6. The number of rotatable bonds is 7. The van der Waals surface area contributed by atoms with Gasteiger partial charge in [-0.3, -0.25) is 14.9 Å². The van der Waals surface area contributed by atoms with E-state index in [-0.39, 0.29) is 34.5 Å². The van der Waals surface area contributed by atoms with E-state index in [1.807, 2.05) is 0 Å². The molecule has 1 aromatic rings. The smallest absolute Gasteiger partial charge is 0.349 e. The second-order valence-corrected chi connectivity index (χ2v) is 8.39. The minimum atomic E-state index is -4.60. The van der Waals surface area contributed by atoms with Crippen molar-refractivity contribution in [2.24, 2.45) is 5.92 Å². The number of nitrogens with zero attached hydrogens (tertiary/aromatic N) is 2. The molecule has 3 N–H and O–H groups in total. The topological polar surface area (TPSA) is 96.0 Å². The molecule has 1 aromatic heterocycles. The second-order valence-electron chi connectivity index (χ2n) is 7.41. The number of carbonyl (C=O) groups excluding carboxylic acids is 2. The fraction of sp³-hybridized carbons (Fsp3) is 0.667. The van der Waals surface area contributed by atoms with Crippen LogP contribution in [0.2, 0.25) is 0 Å². The summed E-state index contributed by atoms with van der Waals surface area (Å²) >= 11 is 0.264. The summed E-state index contributed by atoms with van der Waals surface area (Å²) in [5, 5.41) is 13.5. The summed E-state index contributed by atoms with van der Waals surface area (Å²) in [5.74, 6) is -0.193. The summed E-state index contributed by atoms with van der Waals surface area (Å²) < 4.78 is 37.7. The van der Waals surface area contributed by atoms with Gasteiger partial charge in [-0.1, -0.05) is 43.1 Å². The number of hydrogen-bond donors (Lipinski definition) is 3. The fourth-order valence-electron chi connectivity index (χ4n) is 3.37. The zero-order valence-electron chi connectivity index (χ0n) is 15.8. The Labute approximate surface area is 170 Å². The summed E-state index contributed by atoms with van der Waals surface area (Å²) in [6, 6.07) is -0.528. The van der Waals surface area contributed by atoms with Crippen molar-refractivity contribution in [3.63, 3.8) is 0 Å². The Balaban J connectivity index is 1.56. The predicted molar refractivity (Wildman–Crippen MR) is 102 cm³/mol. The van der Waals surface area contributed by atoms with Gasteiger partial charge >= 0.3 is 6.18 Å². The highest BCUT2D eigenvalue weighted by molar-refractivity contribution is 7.15. The zero-order valence-corrected chi connectivity index (χ0v) is 16.6. The standard InChI is InChI=1S/C18H24F3N5O2S/c19-18(20,21)16-25-26-17(29-16)24-14(27)8-7-12(10-11-4-3-5-11)23-15(28)13-6-1-2-9-22-13/h7-8,11-13,22H,1-6,9-10H2,(H,23,28)(H,24,26,27). The van der Waals surface area contributed by atoms with Gasteiger partial charge < -0.3 is 10.6 Å². The van der Waals surface area contributed by atoms with Crippen LogP contribution < -0.4 is 16.0 Å². The number of hydrogen-bond acceptors (Lipinski definition) is 6. The summed E-state index contributed by atoms with van der Waals surface area (Å²) in [6.45, 7) is 0.811. The van der Waals surface area contributed by atoms with Gasteiger partial charge in [-0.15, -0.1) is 10.2 Å². The van der Waals surface area contributed by atoms with E-state index in [2.05, 4.69) is 26.1 Å². The Kier molecular flexibility index (Phi) is 7.23. The summed E-state index contributed by atoms with van der Waals surface area (Å²) in [5.41, 5.74) is 0. The van der Waals surface area contributed by atoms with E-state index in [9.17, 15) is 22.8 Å². The molecule has 1 aliphatic carbocycles. The molecule has 29 heavy (non-hydrogen) atoms. The maximum absolute atomic E-state index is 12.6.